The maximum atomic E-state index is 11.4. The number of hydrogen-bond donors (Lipinski definition) is 2. The van der Waals surface area contributed by atoms with E-state index >= 15 is 0 Å². The van der Waals surface area contributed by atoms with Crippen molar-refractivity contribution in [2.45, 2.75) is 13.3 Å². The molecular weight excluding hydrogens is 202 g/mol. The molecule has 14 heavy (non-hydrogen) atoms. The highest BCUT2D eigenvalue weighted by molar-refractivity contribution is 7.08. The molecule has 1 rings (SSSR count). The summed E-state index contributed by atoms with van der Waals surface area (Å²) >= 11 is 1.46. The molecule has 2 N–H and O–H groups in total. The fourth-order valence-corrected chi connectivity index (χ4v) is 1.80. The molecule has 0 fully saturated rings. The van der Waals surface area contributed by atoms with E-state index < -0.39 is 5.97 Å². The first-order valence-corrected chi connectivity index (χ1v) is 5.08. The van der Waals surface area contributed by atoms with Crippen LogP contribution < -0.4 is 5.32 Å². The molecule has 0 bridgehead atoms. The number of carbonyl (C=O) groups excluding carboxylic acids is 1. The molecule has 5 heteroatoms. The third-order valence-corrected chi connectivity index (χ3v) is 2.59. The predicted octanol–water partition coefficient (Wildman–Crippen LogP) is 1.26. The molecule has 0 saturated carbocycles. The lowest BCUT2D eigenvalue weighted by Crippen LogP contribution is -2.26. The monoisotopic (exact) mass is 213 g/mol. The van der Waals surface area contributed by atoms with Gasteiger partial charge in [0.1, 0.15) is 0 Å². The minimum absolute atomic E-state index is 0.0467. The Hall–Kier alpha value is -1.36. The lowest BCUT2D eigenvalue weighted by atomic mass is 10.2. The molecule has 0 atom stereocenters. The van der Waals surface area contributed by atoms with Crippen LogP contribution in [0.2, 0.25) is 0 Å². The topological polar surface area (TPSA) is 66.4 Å². The van der Waals surface area contributed by atoms with Crippen LogP contribution in [0.4, 0.5) is 0 Å². The van der Waals surface area contributed by atoms with E-state index in [0.29, 0.717) is 5.56 Å². The third-order valence-electron chi connectivity index (χ3n) is 1.72. The van der Waals surface area contributed by atoms with E-state index in [2.05, 4.69) is 5.32 Å². The fraction of sp³-hybridized carbons (Fsp3) is 0.333. The van der Waals surface area contributed by atoms with Crippen LogP contribution in [0.3, 0.4) is 0 Å². The number of nitrogens with one attached hydrogen (secondary N) is 1. The van der Waals surface area contributed by atoms with Crippen molar-refractivity contribution in [2.75, 3.05) is 6.54 Å². The molecule has 0 saturated heterocycles. The number of carbonyl (C=O) groups is 2. The molecule has 1 heterocycles. The quantitative estimate of drug-likeness (QED) is 0.791. The van der Waals surface area contributed by atoms with Crippen molar-refractivity contribution in [3.8, 4) is 0 Å². The second-order valence-corrected chi connectivity index (χ2v) is 3.61. The highest BCUT2D eigenvalue weighted by Gasteiger charge is 2.09. The van der Waals surface area contributed by atoms with Gasteiger partial charge in [-0.1, -0.05) is 0 Å². The lowest BCUT2D eigenvalue weighted by molar-refractivity contribution is -0.136. The van der Waals surface area contributed by atoms with Crippen molar-refractivity contribution >= 4 is 23.2 Å². The van der Waals surface area contributed by atoms with Crippen molar-refractivity contribution in [1.82, 2.24) is 5.32 Å². The van der Waals surface area contributed by atoms with Crippen LogP contribution in [-0.2, 0) is 4.79 Å². The minimum Gasteiger partial charge on any atom is -0.481 e. The predicted molar refractivity (Wildman–Crippen MR) is 53.6 cm³/mol. The number of thiophene rings is 1. The lowest BCUT2D eigenvalue weighted by Gasteiger charge is -2.01. The maximum absolute atomic E-state index is 11.4. The zero-order chi connectivity index (χ0) is 10.6. The van der Waals surface area contributed by atoms with E-state index in [4.69, 9.17) is 5.11 Å². The summed E-state index contributed by atoms with van der Waals surface area (Å²) in [5.74, 6) is -1.11. The Morgan fingerprint density at radius 3 is 2.71 bits per heavy atom. The largest absolute Gasteiger partial charge is 0.481 e. The number of hydrogen-bond acceptors (Lipinski definition) is 3. The SMILES string of the molecule is Cc1cscc1C(=O)NCCC(=O)O. The van der Waals surface area contributed by atoms with E-state index in [0.717, 1.165) is 5.56 Å². The molecule has 0 radical (unpaired) electrons. The van der Waals surface area contributed by atoms with Crippen LogP contribution in [0.25, 0.3) is 0 Å². The van der Waals surface area contributed by atoms with Crippen LogP contribution >= 0.6 is 11.3 Å². The summed E-state index contributed by atoms with van der Waals surface area (Å²) in [5.41, 5.74) is 1.54. The number of carboxylic acids is 1. The van der Waals surface area contributed by atoms with Gasteiger partial charge >= 0.3 is 5.97 Å². The van der Waals surface area contributed by atoms with Gasteiger partial charge in [0.2, 0.25) is 0 Å². The Kier molecular flexibility index (Phi) is 3.64. The molecule has 0 aliphatic rings. The molecular formula is C9H11NO3S. The summed E-state index contributed by atoms with van der Waals surface area (Å²) < 4.78 is 0. The van der Waals surface area contributed by atoms with Crippen molar-refractivity contribution in [3.05, 3.63) is 21.9 Å². The maximum Gasteiger partial charge on any atom is 0.305 e. The van der Waals surface area contributed by atoms with Gasteiger partial charge in [-0.05, 0) is 17.9 Å². The smallest absolute Gasteiger partial charge is 0.305 e. The summed E-state index contributed by atoms with van der Waals surface area (Å²) in [6.07, 6.45) is -0.0467. The van der Waals surface area contributed by atoms with Crippen molar-refractivity contribution in [2.24, 2.45) is 0 Å². The number of aliphatic carboxylic acids is 1. The van der Waals surface area contributed by atoms with Crippen LogP contribution in [-0.4, -0.2) is 23.5 Å². The number of aryl methyl sites for hydroxylation is 1. The van der Waals surface area contributed by atoms with E-state index in [1.165, 1.54) is 11.3 Å². The van der Waals surface area contributed by atoms with Crippen molar-refractivity contribution in [3.63, 3.8) is 0 Å². The first kappa shape index (κ1) is 10.7. The molecule has 0 aliphatic carbocycles. The summed E-state index contributed by atoms with van der Waals surface area (Å²) in [4.78, 5) is 21.6. The third kappa shape index (κ3) is 2.85. The minimum atomic E-state index is -0.910. The summed E-state index contributed by atoms with van der Waals surface area (Å²) in [6.45, 7) is 2.02. The van der Waals surface area contributed by atoms with E-state index in [-0.39, 0.29) is 18.9 Å². The van der Waals surface area contributed by atoms with Crippen LogP contribution in [0.1, 0.15) is 22.3 Å². The van der Waals surface area contributed by atoms with Crippen LogP contribution in [0, 0.1) is 6.92 Å². The van der Waals surface area contributed by atoms with Gasteiger partial charge in [-0.25, -0.2) is 0 Å². The molecule has 4 nitrogen and oxygen atoms in total. The fourth-order valence-electron chi connectivity index (χ4n) is 0.971. The Labute approximate surface area is 85.6 Å². The van der Waals surface area contributed by atoms with Gasteiger partial charge in [0.05, 0.1) is 12.0 Å². The van der Waals surface area contributed by atoms with Gasteiger partial charge in [0.25, 0.3) is 5.91 Å². The van der Waals surface area contributed by atoms with Gasteiger partial charge in [0.15, 0.2) is 0 Å². The second-order valence-electron chi connectivity index (χ2n) is 2.87. The molecule has 0 aliphatic heterocycles. The summed E-state index contributed by atoms with van der Waals surface area (Å²) in [5, 5.41) is 14.5. The number of amides is 1. The van der Waals surface area contributed by atoms with Gasteiger partial charge in [-0.15, -0.1) is 0 Å². The van der Waals surface area contributed by atoms with Crippen molar-refractivity contribution in [1.29, 1.82) is 0 Å². The van der Waals surface area contributed by atoms with Gasteiger partial charge in [0, 0.05) is 11.9 Å². The molecule has 0 unspecified atom stereocenters. The van der Waals surface area contributed by atoms with Gasteiger partial charge in [-0.2, -0.15) is 11.3 Å². The molecule has 1 aromatic rings. The van der Waals surface area contributed by atoms with Crippen LogP contribution in [0.15, 0.2) is 10.8 Å². The number of rotatable bonds is 4. The second kappa shape index (κ2) is 4.76. The zero-order valence-electron chi connectivity index (χ0n) is 7.74. The summed E-state index contributed by atoms with van der Waals surface area (Å²) in [7, 11) is 0. The Morgan fingerprint density at radius 2 is 2.21 bits per heavy atom. The van der Waals surface area contributed by atoms with E-state index in [9.17, 15) is 9.59 Å². The summed E-state index contributed by atoms with van der Waals surface area (Å²) in [6, 6.07) is 0. The molecule has 0 spiro atoms. The van der Waals surface area contributed by atoms with Gasteiger partial charge < -0.3 is 10.4 Å². The highest BCUT2D eigenvalue weighted by Crippen LogP contribution is 2.12. The standard InChI is InChI=1S/C9H11NO3S/c1-6-4-14-5-7(6)9(13)10-3-2-8(11)12/h4-5H,2-3H2,1H3,(H,10,13)(H,11,12). The first-order chi connectivity index (χ1) is 6.61. The Bertz CT molecular complexity index is 346. The Balaban J connectivity index is 2.44. The van der Waals surface area contributed by atoms with E-state index in [1.54, 1.807) is 5.38 Å². The average Bonchev–Trinajstić information content (AvgIpc) is 2.50. The molecule has 0 aromatic carbocycles. The van der Waals surface area contributed by atoms with Crippen molar-refractivity contribution < 1.29 is 14.7 Å². The molecule has 76 valence electrons. The molecule has 1 amide bonds. The van der Waals surface area contributed by atoms with E-state index in [1.807, 2.05) is 12.3 Å². The zero-order valence-corrected chi connectivity index (χ0v) is 8.56. The first-order valence-electron chi connectivity index (χ1n) is 4.14. The Morgan fingerprint density at radius 1 is 1.50 bits per heavy atom. The highest BCUT2D eigenvalue weighted by atomic mass is 32.1. The van der Waals surface area contributed by atoms with Gasteiger partial charge in [-0.3, -0.25) is 9.59 Å². The normalized spacial score (nSPS) is 9.79. The average molecular weight is 213 g/mol. The van der Waals surface area contributed by atoms with Crippen LogP contribution in [0.5, 0.6) is 0 Å². The molecule has 1 aromatic heterocycles. The number of carboxylic acid groups (broad SMARTS) is 1.